The Morgan fingerprint density at radius 2 is 2.05 bits per heavy atom. The molecule has 2 fully saturated rings. The molecule has 0 amide bonds. The zero-order chi connectivity index (χ0) is 14.7. The number of methoxy groups -OCH3 is 1. The summed E-state index contributed by atoms with van der Waals surface area (Å²) in [4.78, 5) is 0. The van der Waals surface area contributed by atoms with Crippen molar-refractivity contribution in [2.24, 2.45) is 0 Å². The lowest BCUT2D eigenvalue weighted by atomic mass is 9.95. The molecule has 4 heteroatoms. The average molecular weight is 293 g/mol. The maximum Gasteiger partial charge on any atom is 0.130 e. The Kier molecular flexibility index (Phi) is 4.99. The maximum absolute atomic E-state index is 6.01. The summed E-state index contributed by atoms with van der Waals surface area (Å²) in [6, 6.07) is 2.87. The molecule has 0 radical (unpaired) electrons. The normalized spacial score (nSPS) is 26.2. The van der Waals surface area contributed by atoms with Gasteiger partial charge in [-0.3, -0.25) is 0 Å². The summed E-state index contributed by atoms with van der Waals surface area (Å²) in [5.74, 6) is 1.96. The molecule has 0 bridgehead atoms. The molecule has 0 saturated heterocycles. The van der Waals surface area contributed by atoms with Crippen LogP contribution in [0.25, 0.3) is 0 Å². The Bertz CT molecular complexity index is 453. The van der Waals surface area contributed by atoms with Crippen LogP contribution in [-0.2, 0) is 22.6 Å². The topological polar surface area (TPSA) is 43.6 Å². The molecular formula is C17H27NO3. The fraction of sp³-hybridized carbons (Fsp3) is 0.765. The van der Waals surface area contributed by atoms with Crippen LogP contribution in [0.5, 0.6) is 0 Å². The van der Waals surface area contributed by atoms with E-state index in [1.807, 2.05) is 6.92 Å². The standard InChI is InChI=1S/C17H27NO3/c1-12-13(10-18-14-6-7-14)8-17(21-12)11-20-16-5-3-4-15(9-16)19-2/h8,14-16,18H,3-7,9-11H2,1-2H3. The third-order valence-corrected chi connectivity index (χ3v) is 4.60. The first-order chi connectivity index (χ1) is 10.2. The SMILES string of the molecule is COC1CCCC(OCc2cc(CNC3CC3)c(C)o2)C1. The van der Waals surface area contributed by atoms with Gasteiger partial charge in [-0.15, -0.1) is 0 Å². The van der Waals surface area contributed by atoms with Gasteiger partial charge >= 0.3 is 0 Å². The summed E-state index contributed by atoms with van der Waals surface area (Å²) in [5.41, 5.74) is 1.26. The molecule has 2 saturated carbocycles. The number of ether oxygens (including phenoxy) is 2. The van der Waals surface area contributed by atoms with Crippen molar-refractivity contribution in [2.45, 2.75) is 76.9 Å². The Morgan fingerprint density at radius 3 is 2.81 bits per heavy atom. The third-order valence-electron chi connectivity index (χ3n) is 4.60. The molecule has 1 heterocycles. The number of hydrogen-bond donors (Lipinski definition) is 1. The minimum absolute atomic E-state index is 0.308. The minimum atomic E-state index is 0.308. The van der Waals surface area contributed by atoms with Gasteiger partial charge in [0.05, 0.1) is 12.2 Å². The van der Waals surface area contributed by atoms with Gasteiger partial charge in [0.2, 0.25) is 0 Å². The smallest absolute Gasteiger partial charge is 0.130 e. The zero-order valence-electron chi connectivity index (χ0n) is 13.2. The van der Waals surface area contributed by atoms with Gasteiger partial charge in [-0.1, -0.05) is 0 Å². The summed E-state index contributed by atoms with van der Waals surface area (Å²) in [7, 11) is 1.79. The molecule has 21 heavy (non-hydrogen) atoms. The molecule has 2 unspecified atom stereocenters. The Balaban J connectivity index is 1.46. The maximum atomic E-state index is 6.01. The van der Waals surface area contributed by atoms with E-state index in [-0.39, 0.29) is 0 Å². The molecule has 4 nitrogen and oxygen atoms in total. The van der Waals surface area contributed by atoms with Crippen molar-refractivity contribution in [3.05, 3.63) is 23.2 Å². The molecule has 1 N–H and O–H groups in total. The summed E-state index contributed by atoms with van der Waals surface area (Å²) >= 11 is 0. The van der Waals surface area contributed by atoms with Gasteiger partial charge in [0.15, 0.2) is 0 Å². The Labute approximate surface area is 127 Å². The van der Waals surface area contributed by atoms with Crippen molar-refractivity contribution in [3.8, 4) is 0 Å². The first-order valence-corrected chi connectivity index (χ1v) is 8.20. The quantitative estimate of drug-likeness (QED) is 0.837. The number of hydrogen-bond acceptors (Lipinski definition) is 4. The predicted molar refractivity (Wildman–Crippen MR) is 81.1 cm³/mol. The molecule has 0 spiro atoms. The molecule has 1 aromatic rings. The Hall–Kier alpha value is -0.840. The van der Waals surface area contributed by atoms with Crippen LogP contribution < -0.4 is 5.32 Å². The molecular weight excluding hydrogens is 266 g/mol. The van der Waals surface area contributed by atoms with Gasteiger partial charge in [-0.2, -0.15) is 0 Å². The lowest BCUT2D eigenvalue weighted by Crippen LogP contribution is -2.27. The van der Waals surface area contributed by atoms with E-state index in [2.05, 4.69) is 11.4 Å². The predicted octanol–water partition coefficient (Wildman–Crippen LogP) is 3.31. The van der Waals surface area contributed by atoms with Gasteiger partial charge < -0.3 is 19.2 Å². The van der Waals surface area contributed by atoms with E-state index >= 15 is 0 Å². The summed E-state index contributed by atoms with van der Waals surface area (Å²) in [6.07, 6.45) is 7.79. The third kappa shape index (κ3) is 4.31. The molecule has 0 aliphatic heterocycles. The lowest BCUT2D eigenvalue weighted by molar-refractivity contribution is -0.0406. The van der Waals surface area contributed by atoms with Crippen molar-refractivity contribution in [1.82, 2.24) is 5.32 Å². The van der Waals surface area contributed by atoms with E-state index in [1.165, 1.54) is 24.8 Å². The van der Waals surface area contributed by atoms with E-state index in [0.717, 1.165) is 43.4 Å². The Morgan fingerprint density at radius 1 is 1.24 bits per heavy atom. The fourth-order valence-electron chi connectivity index (χ4n) is 3.04. The van der Waals surface area contributed by atoms with Crippen molar-refractivity contribution in [3.63, 3.8) is 0 Å². The highest BCUT2D eigenvalue weighted by Gasteiger charge is 2.23. The first-order valence-electron chi connectivity index (χ1n) is 8.20. The molecule has 1 aromatic heterocycles. The largest absolute Gasteiger partial charge is 0.464 e. The van der Waals surface area contributed by atoms with Crippen LogP contribution in [0.4, 0.5) is 0 Å². The first kappa shape index (κ1) is 15.1. The summed E-state index contributed by atoms with van der Waals surface area (Å²) < 4.78 is 17.3. The van der Waals surface area contributed by atoms with Crippen LogP contribution in [0.3, 0.4) is 0 Å². The number of furan rings is 1. The van der Waals surface area contributed by atoms with Crippen molar-refractivity contribution in [2.75, 3.05) is 7.11 Å². The van der Waals surface area contributed by atoms with Crippen molar-refractivity contribution < 1.29 is 13.9 Å². The monoisotopic (exact) mass is 293 g/mol. The second-order valence-corrected chi connectivity index (χ2v) is 6.41. The fourth-order valence-corrected chi connectivity index (χ4v) is 3.04. The lowest BCUT2D eigenvalue weighted by Gasteiger charge is -2.27. The number of nitrogens with one attached hydrogen (secondary N) is 1. The molecule has 2 aliphatic rings. The zero-order valence-corrected chi connectivity index (χ0v) is 13.2. The van der Waals surface area contributed by atoms with Crippen LogP contribution in [0.15, 0.2) is 10.5 Å². The summed E-state index contributed by atoms with van der Waals surface area (Å²) in [5, 5.41) is 3.53. The van der Waals surface area contributed by atoms with E-state index in [9.17, 15) is 0 Å². The molecule has 118 valence electrons. The van der Waals surface area contributed by atoms with E-state index in [0.29, 0.717) is 18.8 Å². The average Bonchev–Trinajstić information content (AvgIpc) is 3.27. The van der Waals surface area contributed by atoms with Crippen LogP contribution >= 0.6 is 0 Å². The van der Waals surface area contributed by atoms with Gasteiger partial charge in [-0.25, -0.2) is 0 Å². The van der Waals surface area contributed by atoms with E-state index in [4.69, 9.17) is 13.9 Å². The summed E-state index contributed by atoms with van der Waals surface area (Å²) in [6.45, 7) is 3.52. The number of rotatable bonds is 7. The molecule has 2 aliphatic carbocycles. The van der Waals surface area contributed by atoms with Gasteiger partial charge in [-0.05, 0) is 51.5 Å². The second-order valence-electron chi connectivity index (χ2n) is 6.41. The van der Waals surface area contributed by atoms with E-state index in [1.54, 1.807) is 7.11 Å². The van der Waals surface area contributed by atoms with Crippen LogP contribution in [-0.4, -0.2) is 25.4 Å². The van der Waals surface area contributed by atoms with Gasteiger partial charge in [0.25, 0.3) is 0 Å². The highest BCUT2D eigenvalue weighted by atomic mass is 16.5. The molecule has 3 rings (SSSR count). The van der Waals surface area contributed by atoms with Crippen molar-refractivity contribution in [1.29, 1.82) is 0 Å². The highest BCUT2D eigenvalue weighted by molar-refractivity contribution is 5.20. The number of aryl methyl sites for hydroxylation is 1. The van der Waals surface area contributed by atoms with Crippen LogP contribution in [0.2, 0.25) is 0 Å². The molecule has 2 atom stereocenters. The highest BCUT2D eigenvalue weighted by Crippen LogP contribution is 2.25. The van der Waals surface area contributed by atoms with Crippen LogP contribution in [0.1, 0.15) is 55.6 Å². The minimum Gasteiger partial charge on any atom is -0.464 e. The van der Waals surface area contributed by atoms with Gasteiger partial charge in [0, 0.05) is 25.3 Å². The van der Waals surface area contributed by atoms with Gasteiger partial charge in [0.1, 0.15) is 18.1 Å². The van der Waals surface area contributed by atoms with E-state index < -0.39 is 0 Å². The second kappa shape index (κ2) is 6.95. The van der Waals surface area contributed by atoms with Crippen molar-refractivity contribution >= 4 is 0 Å². The molecule has 0 aromatic carbocycles. The van der Waals surface area contributed by atoms with Crippen LogP contribution in [0, 0.1) is 6.92 Å².